The van der Waals surface area contributed by atoms with E-state index in [0.29, 0.717) is 35.8 Å². The van der Waals surface area contributed by atoms with E-state index in [1.54, 1.807) is 36.4 Å². The van der Waals surface area contributed by atoms with Crippen molar-refractivity contribution in [2.75, 3.05) is 19.8 Å². The Hall–Kier alpha value is -1.61. The van der Waals surface area contributed by atoms with Crippen molar-refractivity contribution in [2.24, 2.45) is 0 Å². The Bertz CT molecular complexity index is 805. The van der Waals surface area contributed by atoms with E-state index >= 15 is 0 Å². The van der Waals surface area contributed by atoms with Crippen LogP contribution >= 0.6 is 38.5 Å². The summed E-state index contributed by atoms with van der Waals surface area (Å²) in [4.78, 5) is 24.5. The first-order chi connectivity index (χ1) is 13.0. The second-order valence-electron chi connectivity index (χ2n) is 5.57. The second kappa shape index (κ2) is 10.7. The van der Waals surface area contributed by atoms with Gasteiger partial charge >= 0.3 is 5.97 Å². The van der Waals surface area contributed by atoms with Crippen LogP contribution in [0.15, 0.2) is 40.9 Å². The van der Waals surface area contributed by atoms with Gasteiger partial charge in [-0.3, -0.25) is 4.79 Å². The number of ether oxygens (including phenoxy) is 3. The summed E-state index contributed by atoms with van der Waals surface area (Å²) in [6.45, 7) is 4.55. The van der Waals surface area contributed by atoms with Gasteiger partial charge in [0.15, 0.2) is 23.9 Å². The van der Waals surface area contributed by atoms with Gasteiger partial charge in [0.05, 0.1) is 22.3 Å². The minimum atomic E-state index is -0.582. The third-order valence-corrected chi connectivity index (χ3v) is 4.83. The summed E-state index contributed by atoms with van der Waals surface area (Å²) in [5.74, 6) is 0.255. The van der Waals surface area contributed by atoms with Crippen LogP contribution in [0.25, 0.3) is 0 Å². The molecule has 0 radical (unpaired) electrons. The summed E-state index contributed by atoms with van der Waals surface area (Å²) in [5, 5.41) is 0. The van der Waals surface area contributed by atoms with Crippen LogP contribution in [0, 0.1) is 3.57 Å². The van der Waals surface area contributed by atoms with Gasteiger partial charge in [0.2, 0.25) is 0 Å². The van der Waals surface area contributed by atoms with Crippen molar-refractivity contribution >= 4 is 50.3 Å². The summed E-state index contributed by atoms with van der Waals surface area (Å²) in [7, 11) is 0. The van der Waals surface area contributed by atoms with Crippen molar-refractivity contribution in [3.05, 3.63) is 55.6 Å². The van der Waals surface area contributed by atoms with Crippen LogP contribution in [0.2, 0.25) is 0 Å². The molecule has 5 nitrogen and oxygen atoms in total. The number of Topliss-reactive ketones (excluding diaryl/α,β-unsaturated/α-hetero) is 1. The fourth-order valence-corrected chi connectivity index (χ4v) is 3.25. The number of esters is 1. The van der Waals surface area contributed by atoms with Crippen LogP contribution in [-0.2, 0) is 4.74 Å². The molecule has 27 heavy (non-hydrogen) atoms. The molecule has 0 heterocycles. The topological polar surface area (TPSA) is 61.8 Å². The SMILES string of the molecule is CCCOc1c(I)cc(C(=O)OCC(=O)c2ccc(Br)cc2)cc1OCC. The first-order valence-corrected chi connectivity index (χ1v) is 10.4. The zero-order chi connectivity index (χ0) is 19.8. The Balaban J connectivity index is 2.10. The standard InChI is InChI=1S/C20H20BrIO5/c1-3-9-26-19-16(22)10-14(11-18(19)25-4-2)20(24)27-12-17(23)13-5-7-15(21)8-6-13/h5-8,10-11H,3-4,9,12H2,1-2H3. The van der Waals surface area contributed by atoms with Gasteiger partial charge in [-0.05, 0) is 60.2 Å². The first-order valence-electron chi connectivity index (χ1n) is 8.51. The summed E-state index contributed by atoms with van der Waals surface area (Å²) in [6.07, 6.45) is 0.865. The maximum absolute atomic E-state index is 12.4. The zero-order valence-corrected chi connectivity index (χ0v) is 18.8. The molecule has 0 amide bonds. The van der Waals surface area contributed by atoms with Crippen molar-refractivity contribution in [1.82, 2.24) is 0 Å². The molecule has 0 aliphatic carbocycles. The van der Waals surface area contributed by atoms with Gasteiger partial charge in [-0.1, -0.05) is 35.0 Å². The number of benzene rings is 2. The number of ketones is 1. The summed E-state index contributed by atoms with van der Waals surface area (Å²) >= 11 is 5.41. The molecule has 0 aliphatic heterocycles. The van der Waals surface area contributed by atoms with Gasteiger partial charge < -0.3 is 14.2 Å². The largest absolute Gasteiger partial charge is 0.490 e. The molecular formula is C20H20BrIO5. The summed E-state index contributed by atoms with van der Waals surface area (Å²) in [6, 6.07) is 10.1. The number of rotatable bonds is 9. The van der Waals surface area contributed by atoms with Crippen LogP contribution in [0.3, 0.4) is 0 Å². The average molecular weight is 547 g/mol. The Morgan fingerprint density at radius 2 is 1.74 bits per heavy atom. The van der Waals surface area contributed by atoms with Gasteiger partial charge in [0, 0.05) is 10.0 Å². The number of carbonyl (C=O) groups excluding carboxylic acids is 2. The lowest BCUT2D eigenvalue weighted by molar-refractivity contribution is 0.0474. The first kappa shape index (κ1) is 21.7. The number of halogens is 2. The zero-order valence-electron chi connectivity index (χ0n) is 15.1. The van der Waals surface area contributed by atoms with Crippen LogP contribution < -0.4 is 9.47 Å². The van der Waals surface area contributed by atoms with Crippen LogP contribution in [0.5, 0.6) is 11.5 Å². The Kier molecular flexibility index (Phi) is 8.56. The number of hydrogen-bond acceptors (Lipinski definition) is 5. The maximum atomic E-state index is 12.4. The van der Waals surface area contributed by atoms with Crippen molar-refractivity contribution in [3.63, 3.8) is 0 Å². The van der Waals surface area contributed by atoms with E-state index < -0.39 is 5.97 Å². The molecule has 0 bridgehead atoms. The fraction of sp³-hybridized carbons (Fsp3) is 0.300. The van der Waals surface area contributed by atoms with Gasteiger partial charge in [0.1, 0.15) is 0 Å². The van der Waals surface area contributed by atoms with E-state index in [1.807, 2.05) is 13.8 Å². The highest BCUT2D eigenvalue weighted by atomic mass is 127. The van der Waals surface area contributed by atoms with Crippen molar-refractivity contribution in [2.45, 2.75) is 20.3 Å². The molecule has 0 saturated carbocycles. The molecule has 0 fully saturated rings. The van der Waals surface area contributed by atoms with Gasteiger partial charge in [0.25, 0.3) is 0 Å². The third kappa shape index (κ3) is 6.21. The van der Waals surface area contributed by atoms with Gasteiger partial charge in [-0.15, -0.1) is 0 Å². The summed E-state index contributed by atoms with van der Waals surface area (Å²) < 4.78 is 18.1. The molecule has 7 heteroatoms. The highest BCUT2D eigenvalue weighted by Crippen LogP contribution is 2.34. The van der Waals surface area contributed by atoms with E-state index in [-0.39, 0.29) is 12.4 Å². The van der Waals surface area contributed by atoms with E-state index in [4.69, 9.17) is 14.2 Å². The molecule has 144 valence electrons. The summed E-state index contributed by atoms with van der Waals surface area (Å²) in [5.41, 5.74) is 0.800. The lowest BCUT2D eigenvalue weighted by Gasteiger charge is -2.15. The van der Waals surface area contributed by atoms with Crippen LogP contribution in [0.4, 0.5) is 0 Å². The molecule has 0 aliphatic rings. The Morgan fingerprint density at radius 1 is 1.04 bits per heavy atom. The van der Waals surface area contributed by atoms with Crippen molar-refractivity contribution < 1.29 is 23.8 Å². The molecule has 0 aromatic heterocycles. The van der Waals surface area contributed by atoms with Crippen molar-refractivity contribution in [3.8, 4) is 11.5 Å². The predicted octanol–water partition coefficient (Wildman–Crippen LogP) is 5.28. The lowest BCUT2D eigenvalue weighted by atomic mass is 10.1. The van der Waals surface area contributed by atoms with Gasteiger partial charge in [-0.25, -0.2) is 4.79 Å². The molecule has 0 spiro atoms. The minimum Gasteiger partial charge on any atom is -0.490 e. The normalized spacial score (nSPS) is 10.4. The van der Waals surface area contributed by atoms with Gasteiger partial charge in [-0.2, -0.15) is 0 Å². The van der Waals surface area contributed by atoms with Crippen LogP contribution in [0.1, 0.15) is 41.0 Å². The smallest absolute Gasteiger partial charge is 0.338 e. The van der Waals surface area contributed by atoms with E-state index in [9.17, 15) is 9.59 Å². The fourth-order valence-electron chi connectivity index (χ4n) is 2.23. The average Bonchev–Trinajstić information content (AvgIpc) is 2.65. The molecule has 2 aromatic rings. The molecule has 2 rings (SSSR count). The quantitative estimate of drug-likeness (QED) is 0.243. The molecule has 0 saturated heterocycles. The predicted molar refractivity (Wildman–Crippen MR) is 115 cm³/mol. The van der Waals surface area contributed by atoms with E-state index in [2.05, 4.69) is 38.5 Å². The highest BCUT2D eigenvalue weighted by Gasteiger charge is 2.18. The highest BCUT2D eigenvalue weighted by molar-refractivity contribution is 14.1. The Labute approximate surface area is 180 Å². The second-order valence-corrected chi connectivity index (χ2v) is 7.65. The van der Waals surface area contributed by atoms with E-state index in [0.717, 1.165) is 14.5 Å². The Morgan fingerprint density at radius 3 is 2.37 bits per heavy atom. The molecule has 0 N–H and O–H groups in total. The maximum Gasteiger partial charge on any atom is 0.338 e. The van der Waals surface area contributed by atoms with E-state index in [1.165, 1.54) is 0 Å². The lowest BCUT2D eigenvalue weighted by Crippen LogP contribution is -2.15. The monoisotopic (exact) mass is 546 g/mol. The molecule has 0 atom stereocenters. The minimum absolute atomic E-state index is 0.265. The number of carbonyl (C=O) groups is 2. The third-order valence-electron chi connectivity index (χ3n) is 3.50. The number of hydrogen-bond donors (Lipinski definition) is 0. The van der Waals surface area contributed by atoms with Crippen molar-refractivity contribution in [1.29, 1.82) is 0 Å². The molecular weight excluding hydrogens is 527 g/mol. The molecule has 0 unspecified atom stereocenters. The molecule has 2 aromatic carbocycles. The van der Waals surface area contributed by atoms with Crippen LogP contribution in [-0.4, -0.2) is 31.6 Å².